The Balaban J connectivity index is 2.51. The molecule has 5 heteroatoms. The summed E-state index contributed by atoms with van der Waals surface area (Å²) in [4.78, 5) is 0. The van der Waals surface area contributed by atoms with Gasteiger partial charge in [-0.15, -0.1) is 0 Å². The topological polar surface area (TPSA) is 21.3 Å². The van der Waals surface area contributed by atoms with Gasteiger partial charge in [-0.05, 0) is 46.1 Å². The molecule has 0 bridgehead atoms. The molecular weight excluding hydrogens is 304 g/mol. The lowest BCUT2D eigenvalue weighted by Crippen LogP contribution is -2.18. The molecule has 0 aliphatic heterocycles. The third-order valence-electron chi connectivity index (χ3n) is 2.24. The van der Waals surface area contributed by atoms with E-state index in [1.165, 1.54) is 0 Å². The zero-order valence-electron chi connectivity index (χ0n) is 10.6. The first-order valence-electron chi connectivity index (χ1n) is 5.89. The summed E-state index contributed by atoms with van der Waals surface area (Å²) in [6.07, 6.45) is -2.45. The van der Waals surface area contributed by atoms with E-state index in [1.54, 1.807) is 6.07 Å². The zero-order chi connectivity index (χ0) is 13.5. The Morgan fingerprint density at radius 1 is 1.33 bits per heavy atom. The summed E-state index contributed by atoms with van der Waals surface area (Å²) in [5, 5.41) is 3.32. The highest BCUT2D eigenvalue weighted by atomic mass is 79.9. The first-order chi connectivity index (χ1) is 8.49. The number of benzene rings is 1. The summed E-state index contributed by atoms with van der Waals surface area (Å²) in [6.45, 7) is 5.41. The van der Waals surface area contributed by atoms with Gasteiger partial charge in [0.2, 0.25) is 0 Å². The lowest BCUT2D eigenvalue weighted by molar-refractivity contribution is 0.0815. The zero-order valence-corrected chi connectivity index (χ0v) is 12.1. The summed E-state index contributed by atoms with van der Waals surface area (Å²) in [5.74, 6) is 1.05. The summed E-state index contributed by atoms with van der Waals surface area (Å²) < 4.78 is 29.7. The van der Waals surface area contributed by atoms with Gasteiger partial charge in [0.15, 0.2) is 0 Å². The summed E-state index contributed by atoms with van der Waals surface area (Å²) >= 11 is 3.32. The summed E-state index contributed by atoms with van der Waals surface area (Å²) in [7, 11) is 0. The second-order valence-electron chi connectivity index (χ2n) is 4.49. The fourth-order valence-electron chi connectivity index (χ4n) is 1.43. The number of ether oxygens (including phenoxy) is 1. The van der Waals surface area contributed by atoms with E-state index >= 15 is 0 Å². The molecule has 1 aromatic rings. The number of rotatable bonds is 7. The first-order valence-corrected chi connectivity index (χ1v) is 6.68. The molecule has 0 unspecified atom stereocenters. The van der Waals surface area contributed by atoms with Crippen LogP contribution < -0.4 is 10.1 Å². The van der Waals surface area contributed by atoms with Crippen LogP contribution in [0, 0.1) is 5.92 Å². The van der Waals surface area contributed by atoms with Gasteiger partial charge in [0.25, 0.3) is 6.43 Å². The Hall–Kier alpha value is -0.680. The number of hydrogen-bond acceptors (Lipinski definition) is 2. The number of nitrogens with one attached hydrogen (secondary N) is 1. The van der Waals surface area contributed by atoms with E-state index in [0.717, 1.165) is 18.7 Å². The maximum atomic E-state index is 12.0. The predicted molar refractivity (Wildman–Crippen MR) is 72.2 cm³/mol. The van der Waals surface area contributed by atoms with Crippen molar-refractivity contribution in [2.45, 2.75) is 26.8 Å². The molecule has 0 aliphatic carbocycles. The van der Waals surface area contributed by atoms with Crippen LogP contribution >= 0.6 is 15.9 Å². The number of hydrogen-bond donors (Lipinski definition) is 1. The van der Waals surface area contributed by atoms with Crippen LogP contribution in [0.4, 0.5) is 8.78 Å². The quantitative estimate of drug-likeness (QED) is 0.823. The Kier molecular flexibility index (Phi) is 6.57. The smallest absolute Gasteiger partial charge is 0.272 e. The predicted octanol–water partition coefficient (Wildman–Crippen LogP) is 3.84. The highest BCUT2D eigenvalue weighted by Crippen LogP contribution is 2.26. The fraction of sp³-hybridized carbons (Fsp3) is 0.538. The molecule has 1 aromatic carbocycles. The summed E-state index contributed by atoms with van der Waals surface area (Å²) in [5.41, 5.74) is 1.09. The molecule has 0 aliphatic rings. The fourth-order valence-corrected chi connectivity index (χ4v) is 1.97. The maximum absolute atomic E-state index is 12.0. The van der Waals surface area contributed by atoms with Gasteiger partial charge >= 0.3 is 0 Å². The molecule has 0 aromatic heterocycles. The monoisotopic (exact) mass is 321 g/mol. The average molecular weight is 322 g/mol. The van der Waals surface area contributed by atoms with Gasteiger partial charge in [-0.2, -0.15) is 0 Å². The minimum absolute atomic E-state index is 0.447. The number of halogens is 3. The lowest BCUT2D eigenvalue weighted by Gasteiger charge is -2.11. The Morgan fingerprint density at radius 2 is 2.06 bits per heavy atom. The third-order valence-corrected chi connectivity index (χ3v) is 2.86. The van der Waals surface area contributed by atoms with E-state index in [0.29, 0.717) is 16.1 Å². The van der Waals surface area contributed by atoms with Gasteiger partial charge in [-0.1, -0.05) is 19.9 Å². The highest BCUT2D eigenvalue weighted by molar-refractivity contribution is 9.10. The molecule has 18 heavy (non-hydrogen) atoms. The largest absolute Gasteiger partial charge is 0.486 e. The van der Waals surface area contributed by atoms with Crippen LogP contribution in [0.15, 0.2) is 22.7 Å². The third kappa shape index (κ3) is 5.78. The normalized spacial score (nSPS) is 11.3. The Morgan fingerprint density at radius 3 is 2.61 bits per heavy atom. The molecule has 2 nitrogen and oxygen atoms in total. The average Bonchev–Trinajstić information content (AvgIpc) is 2.27. The van der Waals surface area contributed by atoms with Crippen molar-refractivity contribution in [1.82, 2.24) is 5.32 Å². The van der Waals surface area contributed by atoms with E-state index in [-0.39, 0.29) is 0 Å². The van der Waals surface area contributed by atoms with Crippen LogP contribution in [-0.4, -0.2) is 19.6 Å². The molecular formula is C13H18BrF2NO. The van der Waals surface area contributed by atoms with Gasteiger partial charge in [0.05, 0.1) is 4.47 Å². The second-order valence-corrected chi connectivity index (χ2v) is 5.35. The highest BCUT2D eigenvalue weighted by Gasteiger charge is 2.07. The van der Waals surface area contributed by atoms with Crippen LogP contribution in [-0.2, 0) is 6.54 Å². The van der Waals surface area contributed by atoms with Gasteiger partial charge in [0.1, 0.15) is 12.4 Å². The van der Waals surface area contributed by atoms with Crippen molar-refractivity contribution in [3.63, 3.8) is 0 Å². The molecule has 0 atom stereocenters. The lowest BCUT2D eigenvalue weighted by atomic mass is 10.2. The molecule has 102 valence electrons. The van der Waals surface area contributed by atoms with Crippen molar-refractivity contribution < 1.29 is 13.5 Å². The second kappa shape index (κ2) is 7.69. The minimum atomic E-state index is -2.45. The van der Waals surface area contributed by atoms with Crippen molar-refractivity contribution in [1.29, 1.82) is 0 Å². The minimum Gasteiger partial charge on any atom is -0.486 e. The van der Waals surface area contributed by atoms with Crippen LogP contribution in [0.2, 0.25) is 0 Å². The Bertz CT molecular complexity index is 372. The van der Waals surface area contributed by atoms with E-state index < -0.39 is 13.0 Å². The molecule has 0 saturated carbocycles. The van der Waals surface area contributed by atoms with Gasteiger partial charge in [0, 0.05) is 6.54 Å². The SMILES string of the molecule is CC(C)CNCc1ccc(OCC(F)F)c(Br)c1. The molecule has 0 amide bonds. The van der Waals surface area contributed by atoms with Crippen molar-refractivity contribution in [3.8, 4) is 5.75 Å². The standard InChI is InChI=1S/C13H18BrF2NO/c1-9(2)6-17-7-10-3-4-12(11(14)5-10)18-8-13(15)16/h3-5,9,13,17H,6-8H2,1-2H3. The van der Waals surface area contributed by atoms with Crippen LogP contribution in [0.5, 0.6) is 5.75 Å². The molecule has 0 heterocycles. The van der Waals surface area contributed by atoms with Crippen molar-refractivity contribution in [2.75, 3.05) is 13.2 Å². The maximum Gasteiger partial charge on any atom is 0.272 e. The van der Waals surface area contributed by atoms with E-state index in [1.807, 2.05) is 12.1 Å². The molecule has 0 saturated heterocycles. The van der Waals surface area contributed by atoms with E-state index in [9.17, 15) is 8.78 Å². The first kappa shape index (κ1) is 15.4. The van der Waals surface area contributed by atoms with Crippen molar-refractivity contribution >= 4 is 15.9 Å². The van der Waals surface area contributed by atoms with Gasteiger partial charge in [-0.3, -0.25) is 0 Å². The van der Waals surface area contributed by atoms with Crippen LogP contribution in [0.1, 0.15) is 19.4 Å². The summed E-state index contributed by atoms with van der Waals surface area (Å²) in [6, 6.07) is 5.46. The van der Waals surface area contributed by atoms with Crippen molar-refractivity contribution in [2.24, 2.45) is 5.92 Å². The number of alkyl halides is 2. The van der Waals surface area contributed by atoms with Crippen molar-refractivity contribution in [3.05, 3.63) is 28.2 Å². The molecule has 0 fully saturated rings. The van der Waals surface area contributed by atoms with Gasteiger partial charge in [-0.25, -0.2) is 8.78 Å². The van der Waals surface area contributed by atoms with Gasteiger partial charge < -0.3 is 10.1 Å². The van der Waals surface area contributed by atoms with Crippen LogP contribution in [0.25, 0.3) is 0 Å². The molecule has 1 rings (SSSR count). The Labute approximate surface area is 115 Å². The van der Waals surface area contributed by atoms with Crippen LogP contribution in [0.3, 0.4) is 0 Å². The molecule has 1 N–H and O–H groups in total. The molecule has 0 radical (unpaired) electrons. The molecule has 0 spiro atoms. The van der Waals surface area contributed by atoms with E-state index in [2.05, 4.69) is 35.1 Å². The van der Waals surface area contributed by atoms with E-state index in [4.69, 9.17) is 4.74 Å².